The lowest BCUT2D eigenvalue weighted by Gasteiger charge is -2.26. The van der Waals surface area contributed by atoms with E-state index < -0.39 is 33.1 Å². The average Bonchev–Trinajstić information content (AvgIpc) is 2.83. The van der Waals surface area contributed by atoms with E-state index in [1.807, 2.05) is 30.3 Å². The van der Waals surface area contributed by atoms with Gasteiger partial charge in [0.1, 0.15) is 0 Å². The maximum atomic E-state index is 12.8. The van der Waals surface area contributed by atoms with Gasteiger partial charge in [0, 0.05) is 19.2 Å². The van der Waals surface area contributed by atoms with Crippen LogP contribution in [0.3, 0.4) is 0 Å². The largest absolute Gasteiger partial charge is 0.477 e. The van der Waals surface area contributed by atoms with E-state index in [9.17, 15) is 23.3 Å². The van der Waals surface area contributed by atoms with Crippen LogP contribution < -0.4 is 10.1 Å². The van der Waals surface area contributed by atoms with Crippen molar-refractivity contribution in [1.29, 1.82) is 0 Å². The minimum absolute atomic E-state index is 0.174. The summed E-state index contributed by atoms with van der Waals surface area (Å²) in [7, 11) is -3.91. The molecular weight excluding hydrogens is 462 g/mol. The fourth-order valence-corrected chi connectivity index (χ4v) is 5.10. The summed E-state index contributed by atoms with van der Waals surface area (Å²) in [5.41, 5.74) is 0.428. The molecule has 0 aliphatic carbocycles. The first-order chi connectivity index (χ1) is 16.2. The van der Waals surface area contributed by atoms with Gasteiger partial charge in [-0.3, -0.25) is 14.9 Å². The van der Waals surface area contributed by atoms with Gasteiger partial charge in [0.25, 0.3) is 5.91 Å². The predicted octanol–water partition coefficient (Wildman–Crippen LogP) is 2.90. The van der Waals surface area contributed by atoms with Gasteiger partial charge in [-0.25, -0.2) is 8.42 Å². The van der Waals surface area contributed by atoms with Crippen LogP contribution in [0, 0.1) is 16.0 Å². The quantitative estimate of drug-likeness (QED) is 0.400. The van der Waals surface area contributed by atoms with Crippen molar-refractivity contribution in [1.82, 2.24) is 9.62 Å². The molecule has 2 aromatic carbocycles. The smallest absolute Gasteiger partial charge is 0.312 e. The van der Waals surface area contributed by atoms with Crippen molar-refractivity contribution in [3.8, 4) is 5.75 Å². The van der Waals surface area contributed by atoms with Crippen molar-refractivity contribution >= 4 is 21.6 Å². The third-order valence-corrected chi connectivity index (χ3v) is 7.23. The zero-order valence-corrected chi connectivity index (χ0v) is 20.0. The number of carbonyl (C=O) groups is 1. The fraction of sp³-hybridized carbons (Fsp3) is 0.435. The standard InChI is InChI=1S/C23H29N3O7S/c1-17(2)14-20(18-6-4-3-5-7-18)24-23(27)16-33-22-9-8-19(15-21(22)26(28)29)34(30,31)25-10-12-32-13-11-25/h3-9,15,17,20H,10-14,16H2,1-2H3,(H,24,27). The molecule has 0 bridgehead atoms. The number of hydrogen-bond donors (Lipinski definition) is 1. The molecule has 11 heteroatoms. The molecule has 1 heterocycles. The zero-order chi connectivity index (χ0) is 24.7. The number of sulfonamides is 1. The average molecular weight is 492 g/mol. The lowest BCUT2D eigenvalue weighted by atomic mass is 9.97. The Morgan fingerprint density at radius 2 is 1.85 bits per heavy atom. The van der Waals surface area contributed by atoms with Gasteiger partial charge < -0.3 is 14.8 Å². The summed E-state index contributed by atoms with van der Waals surface area (Å²) in [6.45, 7) is 4.53. The molecule has 0 radical (unpaired) electrons. The molecule has 1 atom stereocenters. The number of hydrogen-bond acceptors (Lipinski definition) is 7. The van der Waals surface area contributed by atoms with E-state index in [2.05, 4.69) is 19.2 Å². The Hall–Kier alpha value is -3.02. The number of nitrogens with zero attached hydrogens (tertiary/aromatic N) is 2. The normalized spacial score (nSPS) is 15.6. The molecule has 0 saturated carbocycles. The van der Waals surface area contributed by atoms with Gasteiger partial charge in [0.05, 0.1) is 29.1 Å². The lowest BCUT2D eigenvalue weighted by Crippen LogP contribution is -2.40. The highest BCUT2D eigenvalue weighted by atomic mass is 32.2. The van der Waals surface area contributed by atoms with E-state index in [0.717, 1.165) is 11.6 Å². The van der Waals surface area contributed by atoms with Gasteiger partial charge in [-0.15, -0.1) is 0 Å². The summed E-state index contributed by atoms with van der Waals surface area (Å²) in [6.07, 6.45) is 0.712. The number of nitro groups is 1. The van der Waals surface area contributed by atoms with E-state index in [1.54, 1.807) is 0 Å². The van der Waals surface area contributed by atoms with Crippen molar-refractivity contribution in [2.45, 2.75) is 31.2 Å². The van der Waals surface area contributed by atoms with E-state index >= 15 is 0 Å². The van der Waals surface area contributed by atoms with E-state index in [0.29, 0.717) is 12.3 Å². The predicted molar refractivity (Wildman–Crippen MR) is 125 cm³/mol. The van der Waals surface area contributed by atoms with Crippen LogP contribution in [0.1, 0.15) is 31.9 Å². The Balaban J connectivity index is 1.72. The fourth-order valence-electron chi connectivity index (χ4n) is 3.67. The van der Waals surface area contributed by atoms with Gasteiger partial charge in [-0.2, -0.15) is 4.31 Å². The highest BCUT2D eigenvalue weighted by molar-refractivity contribution is 7.89. The molecule has 3 rings (SSSR count). The van der Waals surface area contributed by atoms with Crippen molar-refractivity contribution in [3.05, 3.63) is 64.2 Å². The molecule has 34 heavy (non-hydrogen) atoms. The number of ether oxygens (including phenoxy) is 2. The second kappa shape index (κ2) is 11.4. The van der Waals surface area contributed by atoms with Crippen molar-refractivity contribution < 1.29 is 27.6 Å². The maximum absolute atomic E-state index is 12.8. The first-order valence-corrected chi connectivity index (χ1v) is 12.5. The summed E-state index contributed by atoms with van der Waals surface area (Å²) in [5.74, 6) is -0.288. The highest BCUT2D eigenvalue weighted by Crippen LogP contribution is 2.31. The van der Waals surface area contributed by atoms with Crippen LogP contribution in [0.25, 0.3) is 0 Å². The summed E-state index contributed by atoms with van der Waals surface area (Å²) < 4.78 is 37.5. The molecule has 1 saturated heterocycles. The first-order valence-electron chi connectivity index (χ1n) is 11.0. The van der Waals surface area contributed by atoms with Gasteiger partial charge in [0.2, 0.25) is 10.0 Å². The molecule has 1 aliphatic rings. The summed E-state index contributed by atoms with van der Waals surface area (Å²) in [4.78, 5) is 23.2. The van der Waals surface area contributed by atoms with Crippen LogP contribution >= 0.6 is 0 Å². The zero-order valence-electron chi connectivity index (χ0n) is 19.2. The van der Waals surface area contributed by atoms with Crippen LogP contribution in [0.15, 0.2) is 53.4 Å². The second-order valence-electron chi connectivity index (χ2n) is 8.35. The number of nitro benzene ring substituents is 1. The molecule has 2 aromatic rings. The molecule has 1 fully saturated rings. The summed E-state index contributed by atoms with van der Waals surface area (Å²) in [6, 6.07) is 12.7. The Morgan fingerprint density at radius 1 is 1.18 bits per heavy atom. The van der Waals surface area contributed by atoms with Gasteiger partial charge in [-0.1, -0.05) is 44.2 Å². The van der Waals surface area contributed by atoms with Crippen LogP contribution in [-0.2, 0) is 19.6 Å². The molecule has 10 nitrogen and oxygen atoms in total. The van der Waals surface area contributed by atoms with Gasteiger partial charge >= 0.3 is 5.69 Å². The number of carbonyl (C=O) groups excluding carboxylic acids is 1. The van der Waals surface area contributed by atoms with Crippen LogP contribution in [0.5, 0.6) is 5.75 Å². The number of nitrogens with one attached hydrogen (secondary N) is 1. The Morgan fingerprint density at radius 3 is 2.47 bits per heavy atom. The molecule has 1 aliphatic heterocycles. The number of amides is 1. The Labute approximate surface area is 199 Å². The number of morpholine rings is 1. The number of benzene rings is 2. The van der Waals surface area contributed by atoms with E-state index in [-0.39, 0.29) is 43.0 Å². The first kappa shape index (κ1) is 25.6. The minimum Gasteiger partial charge on any atom is -0.477 e. The van der Waals surface area contributed by atoms with Gasteiger partial charge in [0.15, 0.2) is 12.4 Å². The Bertz CT molecular complexity index is 1100. The molecular formula is C23H29N3O7S. The van der Waals surface area contributed by atoms with E-state index in [4.69, 9.17) is 9.47 Å². The topological polar surface area (TPSA) is 128 Å². The Kier molecular flexibility index (Phi) is 8.59. The highest BCUT2D eigenvalue weighted by Gasteiger charge is 2.29. The van der Waals surface area contributed by atoms with Crippen LogP contribution in [0.4, 0.5) is 5.69 Å². The third-order valence-electron chi connectivity index (χ3n) is 5.34. The molecule has 184 valence electrons. The van der Waals surface area contributed by atoms with Crippen molar-refractivity contribution in [2.24, 2.45) is 5.92 Å². The molecule has 1 N–H and O–H groups in total. The lowest BCUT2D eigenvalue weighted by molar-refractivity contribution is -0.386. The van der Waals surface area contributed by atoms with Crippen LogP contribution in [0.2, 0.25) is 0 Å². The summed E-state index contributed by atoms with van der Waals surface area (Å²) >= 11 is 0. The summed E-state index contributed by atoms with van der Waals surface area (Å²) in [5, 5.41) is 14.5. The molecule has 1 amide bonds. The third kappa shape index (κ3) is 6.52. The monoisotopic (exact) mass is 491 g/mol. The minimum atomic E-state index is -3.91. The molecule has 1 unspecified atom stereocenters. The maximum Gasteiger partial charge on any atom is 0.312 e. The SMILES string of the molecule is CC(C)CC(NC(=O)COc1ccc(S(=O)(=O)N2CCOCC2)cc1[N+](=O)[O-])c1ccccc1. The van der Waals surface area contributed by atoms with Crippen molar-refractivity contribution in [3.63, 3.8) is 0 Å². The van der Waals surface area contributed by atoms with Crippen LogP contribution in [-0.4, -0.2) is 56.5 Å². The molecule has 0 spiro atoms. The molecule has 0 aromatic heterocycles. The number of rotatable bonds is 10. The van der Waals surface area contributed by atoms with Crippen molar-refractivity contribution in [2.75, 3.05) is 32.9 Å². The van der Waals surface area contributed by atoms with E-state index in [1.165, 1.54) is 16.4 Å². The van der Waals surface area contributed by atoms with Gasteiger partial charge in [-0.05, 0) is 30.0 Å². The second-order valence-corrected chi connectivity index (χ2v) is 10.3.